The lowest BCUT2D eigenvalue weighted by Gasteiger charge is -2.23. The molecule has 98 valence electrons. The topological polar surface area (TPSA) is 12.0 Å². The van der Waals surface area contributed by atoms with Crippen molar-refractivity contribution in [3.63, 3.8) is 0 Å². The van der Waals surface area contributed by atoms with E-state index in [1.807, 2.05) is 0 Å². The quantitative estimate of drug-likeness (QED) is 0.683. The number of hydrogen-bond acceptors (Lipinski definition) is 2. The summed E-state index contributed by atoms with van der Waals surface area (Å²) in [6.07, 6.45) is 4.05. The Morgan fingerprint density at radius 2 is 1.75 bits per heavy atom. The lowest BCUT2D eigenvalue weighted by atomic mass is 10.0. The number of rotatable bonds is 8. The van der Waals surface area contributed by atoms with E-state index in [0.29, 0.717) is 10.8 Å². The molecule has 0 rings (SSSR count). The highest BCUT2D eigenvalue weighted by Crippen LogP contribution is 2.25. The smallest absolute Gasteiger partial charge is 0.0158 e. The van der Waals surface area contributed by atoms with Crippen LogP contribution in [0, 0.1) is 5.92 Å². The van der Waals surface area contributed by atoms with Crippen LogP contribution in [0.1, 0.15) is 60.8 Å². The van der Waals surface area contributed by atoms with Gasteiger partial charge >= 0.3 is 0 Å². The second-order valence-electron chi connectivity index (χ2n) is 6.00. The highest BCUT2D eigenvalue weighted by Gasteiger charge is 2.14. The van der Waals surface area contributed by atoms with Gasteiger partial charge in [0, 0.05) is 16.5 Å². The second kappa shape index (κ2) is 8.41. The Labute approximate surface area is 107 Å². The minimum absolute atomic E-state index is 0.395. The van der Waals surface area contributed by atoms with Crippen LogP contribution in [0.25, 0.3) is 0 Å². The molecule has 16 heavy (non-hydrogen) atoms. The maximum atomic E-state index is 3.61. The van der Waals surface area contributed by atoms with E-state index in [0.717, 1.165) is 12.5 Å². The van der Waals surface area contributed by atoms with E-state index in [1.54, 1.807) is 0 Å². The van der Waals surface area contributed by atoms with Crippen molar-refractivity contribution in [3.8, 4) is 0 Å². The minimum Gasteiger partial charge on any atom is -0.313 e. The van der Waals surface area contributed by atoms with E-state index < -0.39 is 0 Å². The van der Waals surface area contributed by atoms with Crippen LogP contribution in [0.15, 0.2) is 0 Å². The highest BCUT2D eigenvalue weighted by atomic mass is 32.2. The molecule has 0 bridgehead atoms. The summed E-state index contributed by atoms with van der Waals surface area (Å²) in [7, 11) is 0. The molecule has 0 fully saturated rings. The molecule has 0 amide bonds. The fourth-order valence-electron chi connectivity index (χ4n) is 1.66. The Morgan fingerprint density at radius 1 is 1.12 bits per heavy atom. The van der Waals surface area contributed by atoms with E-state index >= 15 is 0 Å². The highest BCUT2D eigenvalue weighted by molar-refractivity contribution is 8.00. The molecule has 0 aliphatic carbocycles. The fourth-order valence-corrected chi connectivity index (χ4v) is 2.64. The zero-order chi connectivity index (χ0) is 12.6. The predicted molar refractivity (Wildman–Crippen MR) is 78.4 cm³/mol. The van der Waals surface area contributed by atoms with Crippen molar-refractivity contribution in [2.45, 2.75) is 71.6 Å². The normalized spacial score (nSPS) is 14.4. The van der Waals surface area contributed by atoms with Gasteiger partial charge in [0.05, 0.1) is 0 Å². The second-order valence-corrected chi connectivity index (χ2v) is 7.85. The van der Waals surface area contributed by atoms with Gasteiger partial charge in [-0.2, -0.15) is 11.8 Å². The van der Waals surface area contributed by atoms with E-state index in [9.17, 15) is 0 Å². The first kappa shape index (κ1) is 16.3. The van der Waals surface area contributed by atoms with Crippen molar-refractivity contribution in [3.05, 3.63) is 0 Å². The third-order valence-corrected chi connectivity index (χ3v) is 3.98. The molecule has 0 radical (unpaired) electrons. The van der Waals surface area contributed by atoms with Crippen LogP contribution >= 0.6 is 11.8 Å². The summed E-state index contributed by atoms with van der Waals surface area (Å²) in [6, 6.07) is 0.702. The molecule has 0 aliphatic heterocycles. The van der Waals surface area contributed by atoms with Crippen molar-refractivity contribution in [1.82, 2.24) is 5.32 Å². The van der Waals surface area contributed by atoms with Gasteiger partial charge in [0.2, 0.25) is 0 Å². The molecule has 1 atom stereocenters. The Bertz CT molecular complexity index is 161. The van der Waals surface area contributed by atoms with Gasteiger partial charge in [-0.3, -0.25) is 0 Å². The van der Waals surface area contributed by atoms with Crippen molar-refractivity contribution in [2.75, 3.05) is 12.3 Å². The molecule has 0 aliphatic rings. The summed E-state index contributed by atoms with van der Waals surface area (Å²) in [6.45, 7) is 14.8. The lowest BCUT2D eigenvalue weighted by Crippen LogP contribution is -2.32. The molecule has 2 heteroatoms. The van der Waals surface area contributed by atoms with Gasteiger partial charge in [-0.05, 0) is 18.9 Å². The Balaban J connectivity index is 3.79. The first-order chi connectivity index (χ1) is 7.35. The molecule has 0 spiro atoms. The third-order valence-electron chi connectivity index (χ3n) is 2.54. The molecular formula is C14H31NS. The monoisotopic (exact) mass is 245 g/mol. The van der Waals surface area contributed by atoms with E-state index in [-0.39, 0.29) is 0 Å². The maximum absolute atomic E-state index is 3.61. The van der Waals surface area contributed by atoms with Crippen LogP contribution in [-0.2, 0) is 0 Å². The number of thioether (sulfide) groups is 1. The molecule has 0 saturated carbocycles. The van der Waals surface area contributed by atoms with Gasteiger partial charge in [0.1, 0.15) is 0 Å². The van der Waals surface area contributed by atoms with Crippen LogP contribution in [0.3, 0.4) is 0 Å². The zero-order valence-electron chi connectivity index (χ0n) is 12.1. The van der Waals surface area contributed by atoms with Crippen molar-refractivity contribution < 1.29 is 0 Å². The van der Waals surface area contributed by atoms with Crippen LogP contribution in [-0.4, -0.2) is 23.1 Å². The predicted octanol–water partition coefficient (Wildman–Crippen LogP) is 4.32. The van der Waals surface area contributed by atoms with Crippen LogP contribution in [0.5, 0.6) is 0 Å². The molecule has 0 aromatic heterocycles. The summed E-state index contributed by atoms with van der Waals surface area (Å²) < 4.78 is 0.395. The number of hydrogen-bond donors (Lipinski definition) is 1. The Kier molecular flexibility index (Phi) is 8.57. The van der Waals surface area contributed by atoms with Gasteiger partial charge in [-0.25, -0.2) is 0 Å². The molecule has 0 heterocycles. The lowest BCUT2D eigenvalue weighted by molar-refractivity contribution is 0.468. The molecular weight excluding hydrogens is 214 g/mol. The van der Waals surface area contributed by atoms with Crippen LogP contribution in [0.2, 0.25) is 0 Å². The first-order valence-electron chi connectivity index (χ1n) is 6.72. The van der Waals surface area contributed by atoms with Crippen LogP contribution < -0.4 is 5.32 Å². The molecule has 1 nitrogen and oxygen atoms in total. The summed E-state index contributed by atoms with van der Waals surface area (Å²) in [5, 5.41) is 3.61. The summed E-state index contributed by atoms with van der Waals surface area (Å²) in [5.74, 6) is 2.09. The maximum Gasteiger partial charge on any atom is 0.0158 e. The molecule has 1 unspecified atom stereocenters. The Morgan fingerprint density at radius 3 is 2.19 bits per heavy atom. The van der Waals surface area contributed by atoms with Crippen molar-refractivity contribution >= 4 is 11.8 Å². The van der Waals surface area contributed by atoms with Gasteiger partial charge in [-0.1, -0.05) is 54.4 Å². The summed E-state index contributed by atoms with van der Waals surface area (Å²) in [4.78, 5) is 0. The summed E-state index contributed by atoms with van der Waals surface area (Å²) >= 11 is 2.08. The van der Waals surface area contributed by atoms with Gasteiger partial charge in [-0.15, -0.1) is 0 Å². The minimum atomic E-state index is 0.395. The molecule has 1 N–H and O–H groups in total. The first-order valence-corrected chi connectivity index (χ1v) is 7.71. The Hall–Kier alpha value is 0.310. The molecule has 0 aromatic carbocycles. The largest absolute Gasteiger partial charge is 0.313 e. The fraction of sp³-hybridized carbons (Fsp3) is 1.00. The van der Waals surface area contributed by atoms with Gasteiger partial charge in [0.15, 0.2) is 0 Å². The SMILES string of the molecule is CCNC(CCCC(C)C)CSC(C)(C)C. The van der Waals surface area contributed by atoms with Crippen molar-refractivity contribution in [2.24, 2.45) is 5.92 Å². The molecule has 0 saturated heterocycles. The third kappa shape index (κ3) is 10.8. The average Bonchev–Trinajstić information content (AvgIpc) is 2.12. The van der Waals surface area contributed by atoms with Crippen LogP contribution in [0.4, 0.5) is 0 Å². The van der Waals surface area contributed by atoms with Crippen molar-refractivity contribution in [1.29, 1.82) is 0 Å². The average molecular weight is 245 g/mol. The summed E-state index contributed by atoms with van der Waals surface area (Å²) in [5.41, 5.74) is 0. The van der Waals surface area contributed by atoms with E-state index in [1.165, 1.54) is 25.0 Å². The van der Waals surface area contributed by atoms with E-state index in [4.69, 9.17) is 0 Å². The molecule has 0 aromatic rings. The standard InChI is InChI=1S/C14H31NS/c1-7-15-13(10-8-9-12(2)3)11-16-14(4,5)6/h12-13,15H,7-11H2,1-6H3. The van der Waals surface area contributed by atoms with Gasteiger partial charge in [0.25, 0.3) is 0 Å². The zero-order valence-corrected chi connectivity index (χ0v) is 12.9. The van der Waals surface area contributed by atoms with Gasteiger partial charge < -0.3 is 5.32 Å². The van der Waals surface area contributed by atoms with E-state index in [2.05, 4.69) is 58.6 Å². The number of nitrogens with one attached hydrogen (secondary N) is 1.